The number of benzene rings is 4. The first kappa shape index (κ1) is 28.3. The van der Waals surface area contributed by atoms with Crippen LogP contribution in [0.4, 0.5) is 0 Å². The van der Waals surface area contributed by atoms with E-state index in [0.717, 1.165) is 0 Å². The molecule has 0 aromatic heterocycles. The van der Waals surface area contributed by atoms with Crippen LogP contribution < -0.4 is 0 Å². The fourth-order valence-corrected chi connectivity index (χ4v) is 35.7. The maximum absolute atomic E-state index is 2.75. The van der Waals surface area contributed by atoms with Crippen molar-refractivity contribution in [1.82, 2.24) is 0 Å². The summed E-state index contributed by atoms with van der Waals surface area (Å²) in [5.74, 6) is 0. The number of allylic oxidation sites excluding steroid dienone is 2. The first-order chi connectivity index (χ1) is 18.0. The van der Waals surface area contributed by atoms with Gasteiger partial charge in [0.05, 0.1) is 0 Å². The van der Waals surface area contributed by atoms with Crippen LogP contribution in [0.15, 0.2) is 96.1 Å². The van der Waals surface area contributed by atoms with Crippen molar-refractivity contribution in [3.63, 3.8) is 0 Å². The van der Waals surface area contributed by atoms with Gasteiger partial charge in [-0.15, -0.1) is 24.8 Å². The Balaban J connectivity index is 0.00000154. The van der Waals surface area contributed by atoms with Gasteiger partial charge in [-0.2, -0.15) is 0 Å². The second-order valence-electron chi connectivity index (χ2n) is 11.7. The van der Waals surface area contributed by atoms with Crippen LogP contribution in [0.25, 0.3) is 34.4 Å². The van der Waals surface area contributed by atoms with Crippen molar-refractivity contribution < 1.29 is 20.0 Å². The van der Waals surface area contributed by atoms with E-state index in [4.69, 9.17) is 0 Å². The van der Waals surface area contributed by atoms with Crippen LogP contribution in [0.5, 0.6) is 0 Å². The van der Waals surface area contributed by atoms with E-state index in [0.29, 0.717) is 7.35 Å². The topological polar surface area (TPSA) is 0 Å². The molecular weight excluding hydrogens is 682 g/mol. The number of aryl methyl sites for hydroxylation is 2. The Morgan fingerprint density at radius 1 is 0.513 bits per heavy atom. The summed E-state index contributed by atoms with van der Waals surface area (Å²) in [4.78, 5) is 0. The van der Waals surface area contributed by atoms with Crippen LogP contribution in [0.1, 0.15) is 54.6 Å². The van der Waals surface area contributed by atoms with Crippen LogP contribution in [0.2, 0.25) is 8.35 Å². The van der Waals surface area contributed by atoms with E-state index in [9.17, 15) is 0 Å². The zero-order valence-corrected chi connectivity index (χ0v) is 28.3. The largest absolute Gasteiger partial charge is 0.147 e. The Hall–Kier alpha value is -2.19. The zero-order chi connectivity index (χ0) is 25.3. The molecule has 0 radical (unpaired) electrons. The van der Waals surface area contributed by atoms with Gasteiger partial charge in [0.2, 0.25) is 0 Å². The molecule has 3 heteroatoms. The standard InChI is InChI=1S/2C17H15.C2H4.2ClH.Hf/c2*1-12-6-8-14(9-7-12)16-5-3-4-15-10-13(2)11-17(15)16;1-2;;;/h2*3-11H,1-2H3;1-2H2;2*1H;. The van der Waals surface area contributed by atoms with Gasteiger partial charge in [0.25, 0.3) is 0 Å². The first-order valence-electron chi connectivity index (χ1n) is 13.7. The van der Waals surface area contributed by atoms with Gasteiger partial charge in [0.15, 0.2) is 0 Å². The third-order valence-corrected chi connectivity index (χ3v) is 29.0. The van der Waals surface area contributed by atoms with Gasteiger partial charge >= 0.3 is 227 Å². The van der Waals surface area contributed by atoms with Crippen LogP contribution in [-0.2, 0) is 20.0 Å². The number of hydrogen-bond acceptors (Lipinski definition) is 0. The summed E-state index contributed by atoms with van der Waals surface area (Å²) in [5.41, 5.74) is 17.7. The van der Waals surface area contributed by atoms with Gasteiger partial charge in [-0.25, -0.2) is 0 Å². The fourth-order valence-electron chi connectivity index (χ4n) is 7.49. The molecule has 4 aromatic rings. The summed E-state index contributed by atoms with van der Waals surface area (Å²) in [7, 11) is 0. The van der Waals surface area contributed by atoms with E-state index in [1.807, 2.05) is 0 Å². The molecular formula is C36H36Cl2Hf. The number of fused-ring (bicyclic) bond motifs is 2. The first-order valence-corrected chi connectivity index (χ1v) is 23.0. The number of hydrogen-bond donors (Lipinski definition) is 0. The summed E-state index contributed by atoms with van der Waals surface area (Å²) in [6.07, 6.45) is 5.10. The van der Waals surface area contributed by atoms with Crippen molar-refractivity contribution in [2.24, 2.45) is 0 Å². The minimum atomic E-state index is -2.75. The van der Waals surface area contributed by atoms with Gasteiger partial charge in [-0.3, -0.25) is 0 Å². The number of halogens is 2. The Labute approximate surface area is 250 Å². The molecule has 198 valence electrons. The van der Waals surface area contributed by atoms with Crippen LogP contribution in [0.3, 0.4) is 0 Å². The maximum atomic E-state index is 2.55. The van der Waals surface area contributed by atoms with Crippen LogP contribution in [-0.4, -0.2) is 0 Å². The van der Waals surface area contributed by atoms with Gasteiger partial charge in [-0.05, 0) is 0 Å². The number of rotatable bonds is 4. The molecule has 0 nitrogen and oxygen atoms in total. The minimum Gasteiger partial charge on any atom is -0.147 e. The van der Waals surface area contributed by atoms with E-state index >= 15 is 0 Å². The van der Waals surface area contributed by atoms with Crippen LogP contribution >= 0.6 is 24.8 Å². The van der Waals surface area contributed by atoms with Crippen molar-refractivity contribution >= 4 is 37.0 Å². The van der Waals surface area contributed by atoms with Crippen molar-refractivity contribution in [1.29, 1.82) is 0 Å². The molecule has 0 bridgehead atoms. The maximum Gasteiger partial charge on any atom is -0.147 e. The molecule has 2 unspecified atom stereocenters. The normalized spacial score (nSPS) is 19.7. The quantitative estimate of drug-likeness (QED) is 0.184. The fraction of sp³-hybridized carbons (Fsp3) is 0.222. The third kappa shape index (κ3) is 4.55. The summed E-state index contributed by atoms with van der Waals surface area (Å²) in [5, 5.41) is 0. The predicted octanol–water partition coefficient (Wildman–Crippen LogP) is 11.1. The molecule has 0 saturated carbocycles. The smallest absolute Gasteiger partial charge is 0.147 e. The summed E-state index contributed by atoms with van der Waals surface area (Å²) >= 11 is -2.75. The summed E-state index contributed by atoms with van der Waals surface area (Å²) in [6.45, 7) is 9.21. The molecule has 1 heterocycles. The van der Waals surface area contributed by atoms with Crippen molar-refractivity contribution in [2.45, 2.75) is 43.4 Å². The van der Waals surface area contributed by atoms with E-state index in [1.165, 1.54) is 52.9 Å². The molecule has 0 N–H and O–H groups in total. The Bertz CT molecular complexity index is 1490. The molecule has 2 atom stereocenters. The SMILES string of the molecule is CC1=Cc2c(-c3ccc(C)cc3)cccc2[CH]1[Hf]1([CH]2C(C)=Cc3c(-c4ccc(C)cc4)cccc32)[CH2][CH2]1.Cl.Cl. The van der Waals surface area contributed by atoms with Gasteiger partial charge in [0.1, 0.15) is 0 Å². The molecule has 1 fully saturated rings. The average Bonchev–Trinajstić information content (AvgIpc) is 3.47. The van der Waals surface area contributed by atoms with Crippen molar-refractivity contribution in [3.05, 3.63) is 129 Å². The molecule has 2 aliphatic carbocycles. The molecule has 4 aromatic carbocycles. The summed E-state index contributed by atoms with van der Waals surface area (Å²) < 4.78 is 4.44. The third-order valence-electron chi connectivity index (χ3n) is 9.26. The zero-order valence-electron chi connectivity index (χ0n) is 23.1. The molecule has 7 rings (SSSR count). The van der Waals surface area contributed by atoms with E-state index in [2.05, 4.69) is 125 Å². The van der Waals surface area contributed by atoms with Crippen molar-refractivity contribution in [3.8, 4) is 22.3 Å². The van der Waals surface area contributed by atoms with E-state index < -0.39 is 20.0 Å². The average molecular weight is 718 g/mol. The van der Waals surface area contributed by atoms with Gasteiger partial charge in [-0.1, -0.05) is 0 Å². The second-order valence-corrected chi connectivity index (χ2v) is 28.3. The minimum absolute atomic E-state index is 0. The second kappa shape index (κ2) is 10.7. The molecule has 0 spiro atoms. The summed E-state index contributed by atoms with van der Waals surface area (Å²) in [6, 6.07) is 32.4. The van der Waals surface area contributed by atoms with Crippen LogP contribution in [0, 0.1) is 13.8 Å². The molecule has 3 aliphatic rings. The molecule has 39 heavy (non-hydrogen) atoms. The van der Waals surface area contributed by atoms with E-state index in [-0.39, 0.29) is 24.8 Å². The molecule has 1 saturated heterocycles. The Kier molecular flexibility index (Phi) is 7.74. The van der Waals surface area contributed by atoms with Gasteiger partial charge in [0, 0.05) is 0 Å². The molecule has 1 aliphatic heterocycles. The Morgan fingerprint density at radius 2 is 0.897 bits per heavy atom. The van der Waals surface area contributed by atoms with Gasteiger partial charge < -0.3 is 0 Å². The van der Waals surface area contributed by atoms with Crippen molar-refractivity contribution in [2.75, 3.05) is 0 Å². The Morgan fingerprint density at radius 3 is 1.26 bits per heavy atom. The monoisotopic (exact) mass is 718 g/mol. The predicted molar refractivity (Wildman–Crippen MR) is 170 cm³/mol. The van der Waals surface area contributed by atoms with E-state index in [1.54, 1.807) is 22.3 Å². The molecule has 0 amide bonds.